The van der Waals surface area contributed by atoms with E-state index in [4.69, 9.17) is 4.74 Å². The molecule has 1 N–H and O–H groups in total. The summed E-state index contributed by atoms with van der Waals surface area (Å²) in [5, 5.41) is 1.79. The van der Waals surface area contributed by atoms with E-state index < -0.39 is 17.7 Å². The van der Waals surface area contributed by atoms with Gasteiger partial charge in [0.2, 0.25) is 0 Å². The summed E-state index contributed by atoms with van der Waals surface area (Å²) in [7, 11) is 0. The Labute approximate surface area is 208 Å². The molecule has 3 rings (SSSR count). The van der Waals surface area contributed by atoms with Crippen molar-refractivity contribution >= 4 is 29.2 Å². The van der Waals surface area contributed by atoms with E-state index in [-0.39, 0.29) is 24.0 Å². The third-order valence-corrected chi connectivity index (χ3v) is 5.60. The number of carbonyl (C=O) groups excluding carboxylic acids is 3. The maximum Gasteiger partial charge on any atom is 0.471 e. The van der Waals surface area contributed by atoms with Gasteiger partial charge < -0.3 is 19.9 Å². The van der Waals surface area contributed by atoms with Crippen molar-refractivity contribution in [1.82, 2.24) is 4.90 Å². The van der Waals surface area contributed by atoms with Crippen LogP contribution < -0.4 is 10.2 Å². The first-order valence-corrected chi connectivity index (χ1v) is 11.6. The van der Waals surface area contributed by atoms with Gasteiger partial charge in [0.25, 0.3) is 0 Å². The minimum absolute atomic E-state index is 0.0370. The van der Waals surface area contributed by atoms with Crippen molar-refractivity contribution in [1.29, 1.82) is 0 Å². The fourth-order valence-corrected chi connectivity index (χ4v) is 3.69. The van der Waals surface area contributed by atoms with Gasteiger partial charge in [-0.2, -0.15) is 13.2 Å². The van der Waals surface area contributed by atoms with E-state index in [0.29, 0.717) is 38.2 Å². The van der Waals surface area contributed by atoms with Gasteiger partial charge in [-0.25, -0.2) is 4.79 Å². The molecule has 2 aromatic carbocycles. The number of benzene rings is 2. The highest BCUT2D eigenvalue weighted by molar-refractivity contribution is 5.96. The highest BCUT2D eigenvalue weighted by Crippen LogP contribution is 2.21. The molecule has 0 atom stereocenters. The quantitative estimate of drug-likeness (QED) is 0.556. The third-order valence-electron chi connectivity index (χ3n) is 5.60. The van der Waals surface area contributed by atoms with Crippen molar-refractivity contribution in [3.63, 3.8) is 0 Å². The Morgan fingerprint density at radius 1 is 0.889 bits per heavy atom. The summed E-state index contributed by atoms with van der Waals surface area (Å²) in [6.45, 7) is 7.93. The van der Waals surface area contributed by atoms with Gasteiger partial charge in [-0.1, -0.05) is 12.1 Å². The number of rotatable bonds is 6. The first kappa shape index (κ1) is 27.0. The predicted octanol–water partition coefficient (Wildman–Crippen LogP) is 5.06. The van der Waals surface area contributed by atoms with Crippen molar-refractivity contribution in [2.75, 3.05) is 36.4 Å². The highest BCUT2D eigenvalue weighted by atomic mass is 19.4. The van der Waals surface area contributed by atoms with Crippen LogP contribution in [0.5, 0.6) is 0 Å². The predicted molar refractivity (Wildman–Crippen MR) is 130 cm³/mol. The van der Waals surface area contributed by atoms with E-state index >= 15 is 0 Å². The van der Waals surface area contributed by atoms with Crippen molar-refractivity contribution in [3.05, 3.63) is 59.7 Å². The Bertz CT molecular complexity index is 1070. The lowest BCUT2D eigenvalue weighted by Crippen LogP contribution is -2.50. The van der Waals surface area contributed by atoms with Gasteiger partial charge in [0, 0.05) is 49.5 Å². The van der Waals surface area contributed by atoms with Crippen LogP contribution in [0.1, 0.15) is 43.1 Å². The van der Waals surface area contributed by atoms with E-state index in [1.807, 2.05) is 32.9 Å². The number of nitrogens with zero attached hydrogens (tertiary/aromatic N) is 2. The fraction of sp³-hybridized carbons (Fsp3) is 0.423. The lowest BCUT2D eigenvalue weighted by atomic mass is 10.0. The number of nitrogens with one attached hydrogen (secondary N) is 1. The van der Waals surface area contributed by atoms with Crippen LogP contribution in [-0.4, -0.2) is 60.6 Å². The standard InChI is InChI=1S/C26H30F3N3O4/c1-25(2,3)36-24(35)32-16-14-31(15-17-32)21-11-7-19(8-12-21)22(33)13-6-18-4-9-20(10-5-18)30-23(34)26(27,28)29/h4-5,7-12H,6,13-17H2,1-3H3,(H,30,34). The summed E-state index contributed by atoms with van der Waals surface area (Å²) >= 11 is 0. The Morgan fingerprint density at radius 2 is 1.47 bits per heavy atom. The van der Waals surface area contributed by atoms with E-state index in [9.17, 15) is 27.6 Å². The molecule has 1 fully saturated rings. The van der Waals surface area contributed by atoms with Crippen LogP contribution in [0.15, 0.2) is 48.5 Å². The van der Waals surface area contributed by atoms with Crippen LogP contribution in [-0.2, 0) is 16.0 Å². The third kappa shape index (κ3) is 7.73. The summed E-state index contributed by atoms with van der Waals surface area (Å²) in [5.41, 5.74) is 1.81. The second kappa shape index (κ2) is 11.0. The molecular formula is C26H30F3N3O4. The zero-order valence-corrected chi connectivity index (χ0v) is 20.5. The van der Waals surface area contributed by atoms with Gasteiger partial charge in [-0.05, 0) is 69.2 Å². The summed E-state index contributed by atoms with van der Waals surface area (Å²) in [6.07, 6.45) is -4.61. The number of halogens is 3. The first-order chi connectivity index (χ1) is 16.8. The number of ketones is 1. The number of amides is 2. The van der Waals surface area contributed by atoms with Gasteiger partial charge in [-0.3, -0.25) is 9.59 Å². The van der Waals surface area contributed by atoms with Crippen LogP contribution in [0.25, 0.3) is 0 Å². The van der Waals surface area contributed by atoms with Crippen LogP contribution in [0.2, 0.25) is 0 Å². The average Bonchev–Trinajstić information content (AvgIpc) is 2.82. The van der Waals surface area contributed by atoms with Crippen LogP contribution in [0.3, 0.4) is 0 Å². The fourth-order valence-electron chi connectivity index (χ4n) is 3.69. The Kier molecular flexibility index (Phi) is 8.27. The van der Waals surface area contributed by atoms with Gasteiger partial charge in [0.15, 0.2) is 5.78 Å². The summed E-state index contributed by atoms with van der Waals surface area (Å²) < 4.78 is 42.4. The van der Waals surface area contributed by atoms with Crippen molar-refractivity contribution in [2.45, 2.75) is 45.4 Å². The molecule has 0 spiro atoms. The summed E-state index contributed by atoms with van der Waals surface area (Å²) in [5.74, 6) is -2.08. The van der Waals surface area contributed by atoms with Crippen LogP contribution in [0, 0.1) is 0 Å². The Balaban J connectivity index is 1.47. The number of aryl methyl sites for hydroxylation is 1. The van der Waals surface area contributed by atoms with E-state index in [0.717, 1.165) is 11.3 Å². The van der Waals surface area contributed by atoms with Crippen LogP contribution in [0.4, 0.5) is 29.3 Å². The second-order valence-corrected chi connectivity index (χ2v) is 9.57. The number of hydrogen-bond donors (Lipinski definition) is 1. The normalized spacial score (nSPS) is 14.4. The van der Waals surface area contributed by atoms with Gasteiger partial charge >= 0.3 is 18.2 Å². The summed E-state index contributed by atoms with van der Waals surface area (Å²) in [4.78, 5) is 39.7. The maximum atomic E-state index is 12.6. The second-order valence-electron chi connectivity index (χ2n) is 9.57. The van der Waals surface area contributed by atoms with Gasteiger partial charge in [-0.15, -0.1) is 0 Å². The summed E-state index contributed by atoms with van der Waals surface area (Å²) in [6, 6.07) is 13.2. The topological polar surface area (TPSA) is 79.0 Å². The Hall–Kier alpha value is -3.56. The monoisotopic (exact) mass is 505 g/mol. The van der Waals surface area contributed by atoms with Crippen molar-refractivity contribution in [2.24, 2.45) is 0 Å². The molecule has 1 aliphatic rings. The minimum atomic E-state index is -4.95. The number of hydrogen-bond acceptors (Lipinski definition) is 5. The maximum absolute atomic E-state index is 12.6. The number of ether oxygens (including phenoxy) is 1. The smallest absolute Gasteiger partial charge is 0.444 e. The molecule has 10 heteroatoms. The number of alkyl halides is 3. The lowest BCUT2D eigenvalue weighted by molar-refractivity contribution is -0.167. The Morgan fingerprint density at radius 3 is 2.00 bits per heavy atom. The zero-order chi connectivity index (χ0) is 26.5. The lowest BCUT2D eigenvalue weighted by Gasteiger charge is -2.36. The number of Topliss-reactive ketones (excluding diaryl/α,β-unsaturated/α-hetero) is 1. The number of carbonyl (C=O) groups is 3. The van der Waals surface area contributed by atoms with Crippen molar-refractivity contribution in [3.8, 4) is 0 Å². The molecule has 2 aromatic rings. The molecular weight excluding hydrogens is 475 g/mol. The SMILES string of the molecule is CC(C)(C)OC(=O)N1CCN(c2ccc(C(=O)CCc3ccc(NC(=O)C(F)(F)F)cc3)cc2)CC1. The molecule has 0 saturated carbocycles. The molecule has 1 aliphatic heterocycles. The molecule has 0 radical (unpaired) electrons. The largest absolute Gasteiger partial charge is 0.471 e. The molecule has 0 aromatic heterocycles. The van der Waals surface area contributed by atoms with Crippen molar-refractivity contribution < 1.29 is 32.3 Å². The van der Waals surface area contributed by atoms with E-state index in [1.165, 1.54) is 12.1 Å². The van der Waals surface area contributed by atoms with E-state index in [1.54, 1.807) is 34.5 Å². The molecule has 1 heterocycles. The molecule has 7 nitrogen and oxygen atoms in total. The zero-order valence-electron chi connectivity index (χ0n) is 20.5. The molecule has 1 saturated heterocycles. The number of anilines is 2. The highest BCUT2D eigenvalue weighted by Gasteiger charge is 2.38. The molecule has 194 valence electrons. The van der Waals surface area contributed by atoms with Crippen LogP contribution >= 0.6 is 0 Å². The average molecular weight is 506 g/mol. The number of piperazine rings is 1. The van der Waals surface area contributed by atoms with E-state index in [2.05, 4.69) is 4.90 Å². The van der Waals surface area contributed by atoms with Gasteiger partial charge in [0.1, 0.15) is 5.60 Å². The molecule has 2 amide bonds. The molecule has 0 unspecified atom stereocenters. The first-order valence-electron chi connectivity index (χ1n) is 11.6. The van der Waals surface area contributed by atoms with Gasteiger partial charge in [0.05, 0.1) is 0 Å². The minimum Gasteiger partial charge on any atom is -0.444 e. The molecule has 0 bridgehead atoms. The molecule has 36 heavy (non-hydrogen) atoms. The molecule has 0 aliphatic carbocycles.